The fourth-order valence-corrected chi connectivity index (χ4v) is 3.87. The monoisotopic (exact) mass is 401 g/mol. The number of carbonyl (C=O) groups is 1. The van der Waals surface area contributed by atoms with Crippen molar-refractivity contribution in [1.82, 2.24) is 4.98 Å². The molecule has 0 unspecified atom stereocenters. The minimum Gasteiger partial charge on any atom is -0.385 e. The summed E-state index contributed by atoms with van der Waals surface area (Å²) in [6.45, 7) is 5.50. The topological polar surface area (TPSA) is 65.5 Å². The zero-order chi connectivity index (χ0) is 21.1. The molecule has 2 heterocycles. The van der Waals surface area contributed by atoms with Crippen LogP contribution >= 0.6 is 0 Å². The smallest absolute Gasteiger partial charge is 0.257 e. The first-order valence-corrected chi connectivity index (χ1v) is 10.3. The highest BCUT2D eigenvalue weighted by Gasteiger charge is 2.34. The molecule has 2 aromatic carbocycles. The number of anilines is 2. The van der Waals surface area contributed by atoms with Gasteiger partial charge in [-0.05, 0) is 67.6 Å². The maximum Gasteiger partial charge on any atom is 0.257 e. The highest BCUT2D eigenvalue weighted by molar-refractivity contribution is 6.04. The van der Waals surface area contributed by atoms with Crippen LogP contribution in [0.2, 0.25) is 0 Å². The summed E-state index contributed by atoms with van der Waals surface area (Å²) < 4.78 is 0. The summed E-state index contributed by atoms with van der Waals surface area (Å²) in [7, 11) is 0. The molecule has 3 aromatic rings. The van der Waals surface area contributed by atoms with Crippen molar-refractivity contribution >= 4 is 17.4 Å². The molecule has 4 rings (SSSR count). The van der Waals surface area contributed by atoms with E-state index < -0.39 is 5.60 Å². The summed E-state index contributed by atoms with van der Waals surface area (Å²) >= 11 is 0. The van der Waals surface area contributed by atoms with E-state index in [1.165, 1.54) is 5.56 Å². The fraction of sp³-hybridized carbons (Fsp3) is 0.280. The standard InChI is InChI=1S/C25H27N3O2/c1-18-8-10-22(16-19(18)2)27-24(29)20-9-11-23(26-17-20)28-14-12-25(30,13-15-28)21-6-4-3-5-7-21/h3-11,16-17,30H,12-15H2,1-2H3,(H,27,29). The van der Waals surface area contributed by atoms with Crippen LogP contribution in [0.25, 0.3) is 0 Å². The summed E-state index contributed by atoms with van der Waals surface area (Å²) in [5.74, 6) is 0.655. The van der Waals surface area contributed by atoms with E-state index in [1.807, 2.05) is 68.4 Å². The Bertz CT molecular complexity index is 1020. The number of aliphatic hydroxyl groups is 1. The molecule has 0 saturated carbocycles. The van der Waals surface area contributed by atoms with Crippen molar-refractivity contribution in [2.75, 3.05) is 23.3 Å². The van der Waals surface area contributed by atoms with Crippen LogP contribution < -0.4 is 10.2 Å². The molecule has 1 aliphatic rings. The van der Waals surface area contributed by atoms with Gasteiger partial charge in [-0.15, -0.1) is 0 Å². The number of hydrogen-bond donors (Lipinski definition) is 2. The van der Waals surface area contributed by atoms with Crippen molar-refractivity contribution in [1.29, 1.82) is 0 Å². The lowest BCUT2D eigenvalue weighted by Crippen LogP contribution is -2.43. The number of carbonyl (C=O) groups excluding carboxylic acids is 1. The third kappa shape index (κ3) is 4.21. The molecule has 5 heteroatoms. The van der Waals surface area contributed by atoms with Gasteiger partial charge in [-0.2, -0.15) is 0 Å². The first kappa shape index (κ1) is 20.1. The molecule has 1 fully saturated rings. The maximum atomic E-state index is 12.5. The largest absolute Gasteiger partial charge is 0.385 e. The second-order valence-electron chi connectivity index (χ2n) is 8.04. The minimum atomic E-state index is -0.788. The van der Waals surface area contributed by atoms with E-state index in [0.29, 0.717) is 31.5 Å². The third-order valence-corrected chi connectivity index (χ3v) is 6.00. The zero-order valence-electron chi connectivity index (χ0n) is 17.4. The van der Waals surface area contributed by atoms with Gasteiger partial charge >= 0.3 is 0 Å². The van der Waals surface area contributed by atoms with Crippen LogP contribution in [0.15, 0.2) is 66.9 Å². The summed E-state index contributed by atoms with van der Waals surface area (Å²) in [6, 6.07) is 19.4. The van der Waals surface area contributed by atoms with Crippen molar-refractivity contribution in [2.24, 2.45) is 0 Å². The molecule has 5 nitrogen and oxygen atoms in total. The number of nitrogens with zero attached hydrogens (tertiary/aromatic N) is 2. The predicted molar refractivity (Wildman–Crippen MR) is 120 cm³/mol. The molecule has 1 aliphatic heterocycles. The zero-order valence-corrected chi connectivity index (χ0v) is 17.4. The van der Waals surface area contributed by atoms with Crippen molar-refractivity contribution in [3.8, 4) is 0 Å². The van der Waals surface area contributed by atoms with Crippen LogP contribution in [-0.4, -0.2) is 29.1 Å². The lowest BCUT2D eigenvalue weighted by atomic mass is 9.84. The Morgan fingerprint density at radius 2 is 1.73 bits per heavy atom. The Hall–Kier alpha value is -3.18. The van der Waals surface area contributed by atoms with Gasteiger partial charge in [0.25, 0.3) is 5.91 Å². The first-order chi connectivity index (χ1) is 14.4. The van der Waals surface area contributed by atoms with Gasteiger partial charge in [-0.3, -0.25) is 4.79 Å². The molecule has 1 aromatic heterocycles. The quantitative estimate of drug-likeness (QED) is 0.678. The minimum absolute atomic E-state index is 0.172. The van der Waals surface area contributed by atoms with Gasteiger partial charge in [0.05, 0.1) is 11.2 Å². The maximum absolute atomic E-state index is 12.5. The Balaban J connectivity index is 1.39. The molecule has 0 atom stereocenters. The lowest BCUT2D eigenvalue weighted by molar-refractivity contribution is 0.0116. The molecular weight excluding hydrogens is 374 g/mol. The molecular formula is C25H27N3O2. The molecule has 30 heavy (non-hydrogen) atoms. The Kier molecular flexibility index (Phi) is 5.55. The molecule has 1 amide bonds. The second kappa shape index (κ2) is 8.28. The number of pyridine rings is 1. The number of aryl methyl sites for hydroxylation is 2. The van der Waals surface area contributed by atoms with Gasteiger partial charge < -0.3 is 15.3 Å². The highest BCUT2D eigenvalue weighted by atomic mass is 16.3. The molecule has 0 radical (unpaired) electrons. The average Bonchev–Trinajstić information content (AvgIpc) is 2.77. The van der Waals surface area contributed by atoms with Crippen LogP contribution in [0.4, 0.5) is 11.5 Å². The number of rotatable bonds is 4. The van der Waals surface area contributed by atoms with Crippen molar-refractivity contribution in [2.45, 2.75) is 32.3 Å². The van der Waals surface area contributed by atoms with E-state index in [4.69, 9.17) is 0 Å². The predicted octanol–water partition coefficient (Wildman–Crippen LogP) is 4.44. The fourth-order valence-electron chi connectivity index (χ4n) is 3.87. The van der Waals surface area contributed by atoms with Gasteiger partial charge in [0.1, 0.15) is 5.82 Å². The van der Waals surface area contributed by atoms with E-state index in [-0.39, 0.29) is 5.91 Å². The number of amides is 1. The Morgan fingerprint density at radius 1 is 1.00 bits per heavy atom. The summed E-state index contributed by atoms with van der Waals surface area (Å²) in [5.41, 5.74) is 3.82. The third-order valence-electron chi connectivity index (χ3n) is 6.00. The summed E-state index contributed by atoms with van der Waals surface area (Å²) in [4.78, 5) is 19.2. The molecule has 0 bridgehead atoms. The second-order valence-corrected chi connectivity index (χ2v) is 8.04. The summed E-state index contributed by atoms with van der Waals surface area (Å²) in [5, 5.41) is 13.9. The number of hydrogen-bond acceptors (Lipinski definition) is 4. The molecule has 154 valence electrons. The van der Waals surface area contributed by atoms with E-state index in [2.05, 4.69) is 15.2 Å². The lowest BCUT2D eigenvalue weighted by Gasteiger charge is -2.39. The van der Waals surface area contributed by atoms with Gasteiger partial charge in [0.2, 0.25) is 0 Å². The number of piperidine rings is 1. The highest BCUT2D eigenvalue weighted by Crippen LogP contribution is 2.33. The number of benzene rings is 2. The molecule has 1 saturated heterocycles. The number of nitrogens with one attached hydrogen (secondary N) is 1. The van der Waals surface area contributed by atoms with E-state index in [9.17, 15) is 9.90 Å². The van der Waals surface area contributed by atoms with E-state index >= 15 is 0 Å². The van der Waals surface area contributed by atoms with Gasteiger partial charge in [-0.1, -0.05) is 36.4 Å². The normalized spacial score (nSPS) is 15.6. The Labute approximate surface area is 177 Å². The summed E-state index contributed by atoms with van der Waals surface area (Å²) in [6.07, 6.45) is 2.91. The van der Waals surface area contributed by atoms with Crippen molar-refractivity contribution < 1.29 is 9.90 Å². The first-order valence-electron chi connectivity index (χ1n) is 10.3. The van der Waals surface area contributed by atoms with Crippen molar-refractivity contribution in [3.63, 3.8) is 0 Å². The Morgan fingerprint density at radius 3 is 2.37 bits per heavy atom. The molecule has 0 aliphatic carbocycles. The van der Waals surface area contributed by atoms with Crippen LogP contribution in [0.1, 0.15) is 39.9 Å². The van der Waals surface area contributed by atoms with E-state index in [1.54, 1.807) is 12.3 Å². The van der Waals surface area contributed by atoms with Crippen LogP contribution in [0.5, 0.6) is 0 Å². The average molecular weight is 402 g/mol. The SMILES string of the molecule is Cc1ccc(NC(=O)c2ccc(N3CCC(O)(c4ccccc4)CC3)nc2)cc1C. The molecule has 0 spiro atoms. The van der Waals surface area contributed by atoms with Gasteiger partial charge in [0, 0.05) is 25.0 Å². The molecule has 2 N–H and O–H groups in total. The van der Waals surface area contributed by atoms with Crippen LogP contribution in [-0.2, 0) is 5.60 Å². The van der Waals surface area contributed by atoms with E-state index in [0.717, 1.165) is 22.6 Å². The van der Waals surface area contributed by atoms with Gasteiger partial charge in [-0.25, -0.2) is 4.98 Å². The van der Waals surface area contributed by atoms with Gasteiger partial charge in [0.15, 0.2) is 0 Å². The van der Waals surface area contributed by atoms with Crippen molar-refractivity contribution in [3.05, 3.63) is 89.1 Å². The number of aromatic nitrogens is 1. The van der Waals surface area contributed by atoms with Crippen LogP contribution in [0.3, 0.4) is 0 Å². The van der Waals surface area contributed by atoms with Crippen LogP contribution in [0, 0.1) is 13.8 Å².